The highest BCUT2D eigenvalue weighted by molar-refractivity contribution is 5.91. The van der Waals surface area contributed by atoms with E-state index < -0.39 is 53.5 Å². The van der Waals surface area contributed by atoms with Crippen molar-refractivity contribution in [3.05, 3.63) is 71.3 Å². The summed E-state index contributed by atoms with van der Waals surface area (Å²) in [5.74, 6) is -3.82. The van der Waals surface area contributed by atoms with Gasteiger partial charge in [-0.25, -0.2) is 8.78 Å². The molecule has 4 N–H and O–H groups in total. The molecule has 210 valence electrons. The molecule has 0 aliphatic carbocycles. The third-order valence-electron chi connectivity index (χ3n) is 7.48. The van der Waals surface area contributed by atoms with Crippen LogP contribution in [0.4, 0.5) is 8.78 Å². The molecule has 3 amide bonds. The molecule has 2 fully saturated rings. The number of carbonyl (C=O) groups excluding carboxylic acids is 3. The Morgan fingerprint density at radius 1 is 1.10 bits per heavy atom. The van der Waals surface area contributed by atoms with Crippen LogP contribution in [0, 0.1) is 23.5 Å². The van der Waals surface area contributed by atoms with Crippen molar-refractivity contribution >= 4 is 17.7 Å². The number of nitrogens with zero attached hydrogens (tertiary/aromatic N) is 1. The summed E-state index contributed by atoms with van der Waals surface area (Å²) in [6, 6.07) is 10.4. The molecule has 2 aromatic carbocycles. The summed E-state index contributed by atoms with van der Waals surface area (Å²) in [5.41, 5.74) is 1.15. The van der Waals surface area contributed by atoms with Gasteiger partial charge in [-0.15, -0.1) is 0 Å². The number of benzene rings is 2. The first-order chi connectivity index (χ1) is 18.8. The number of amides is 3. The van der Waals surface area contributed by atoms with Gasteiger partial charge in [-0.1, -0.05) is 43.7 Å². The molecule has 2 unspecified atom stereocenters. The molecule has 2 aromatic rings. The van der Waals surface area contributed by atoms with Gasteiger partial charge in [-0.05, 0) is 42.5 Å². The summed E-state index contributed by atoms with van der Waals surface area (Å²) >= 11 is 0. The van der Waals surface area contributed by atoms with Crippen LogP contribution in [0.1, 0.15) is 30.9 Å². The molecule has 5 atom stereocenters. The van der Waals surface area contributed by atoms with Crippen molar-refractivity contribution < 1.29 is 28.3 Å². The number of aliphatic hydroxyl groups is 1. The maximum absolute atomic E-state index is 13.9. The molecule has 0 saturated carbocycles. The second-order valence-electron chi connectivity index (χ2n) is 10.4. The first-order valence-electron chi connectivity index (χ1n) is 13.5. The fourth-order valence-electron chi connectivity index (χ4n) is 5.43. The normalized spacial score (nSPS) is 22.9. The van der Waals surface area contributed by atoms with Crippen LogP contribution in [0.25, 0.3) is 0 Å². The molecule has 8 nitrogen and oxygen atoms in total. The fourth-order valence-corrected chi connectivity index (χ4v) is 5.43. The molecule has 2 saturated heterocycles. The van der Waals surface area contributed by atoms with Crippen LogP contribution in [0.15, 0.2) is 48.5 Å². The number of piperazine rings is 1. The number of hydrogen-bond donors (Lipinski definition) is 4. The van der Waals surface area contributed by atoms with E-state index in [4.69, 9.17) is 0 Å². The molecular formula is C29H36F2N4O4. The van der Waals surface area contributed by atoms with E-state index in [2.05, 4.69) is 16.0 Å². The lowest BCUT2D eigenvalue weighted by Gasteiger charge is -2.33. The molecule has 0 bridgehead atoms. The predicted octanol–water partition coefficient (Wildman–Crippen LogP) is 1.56. The Bertz CT molecular complexity index is 1140. The van der Waals surface area contributed by atoms with Gasteiger partial charge in [0.05, 0.1) is 24.0 Å². The molecule has 39 heavy (non-hydrogen) atoms. The Morgan fingerprint density at radius 3 is 2.49 bits per heavy atom. The van der Waals surface area contributed by atoms with E-state index in [0.29, 0.717) is 26.1 Å². The highest BCUT2D eigenvalue weighted by Crippen LogP contribution is 2.29. The SMILES string of the molecule is CCCCN1CC(C(=O)N[C@@H](Cc2cc(F)cc(F)c2)[C@H](O)[C@@H]2NCCNC2=O)C(Cc2ccccc2)C1=O. The Balaban J connectivity index is 1.58. The molecular weight excluding hydrogens is 506 g/mol. The quantitative estimate of drug-likeness (QED) is 0.345. The largest absolute Gasteiger partial charge is 0.389 e. The minimum atomic E-state index is -1.39. The van der Waals surface area contributed by atoms with Crippen molar-refractivity contribution in [2.75, 3.05) is 26.2 Å². The number of likely N-dealkylation sites (tertiary alicyclic amines) is 1. The first-order valence-corrected chi connectivity index (χ1v) is 13.5. The van der Waals surface area contributed by atoms with Crippen molar-refractivity contribution in [1.82, 2.24) is 20.9 Å². The van der Waals surface area contributed by atoms with Gasteiger partial charge in [-0.3, -0.25) is 14.4 Å². The summed E-state index contributed by atoms with van der Waals surface area (Å²) < 4.78 is 27.9. The molecule has 10 heteroatoms. The monoisotopic (exact) mass is 542 g/mol. The third-order valence-corrected chi connectivity index (χ3v) is 7.48. The zero-order valence-corrected chi connectivity index (χ0v) is 22.0. The van der Waals surface area contributed by atoms with Crippen LogP contribution in [0.5, 0.6) is 0 Å². The van der Waals surface area contributed by atoms with Gasteiger partial charge in [0, 0.05) is 32.2 Å². The van der Waals surface area contributed by atoms with E-state index >= 15 is 0 Å². The number of carbonyl (C=O) groups is 3. The summed E-state index contributed by atoms with van der Waals surface area (Å²) in [7, 11) is 0. The maximum Gasteiger partial charge on any atom is 0.239 e. The van der Waals surface area contributed by atoms with Crippen molar-refractivity contribution in [3.63, 3.8) is 0 Å². The minimum Gasteiger partial charge on any atom is -0.389 e. The van der Waals surface area contributed by atoms with Crippen LogP contribution in [0.2, 0.25) is 0 Å². The fraction of sp³-hybridized carbons (Fsp3) is 0.483. The van der Waals surface area contributed by atoms with Crippen LogP contribution in [0.3, 0.4) is 0 Å². The van der Waals surface area contributed by atoms with Gasteiger partial charge in [0.15, 0.2) is 0 Å². The molecule has 2 aliphatic rings. The van der Waals surface area contributed by atoms with Crippen molar-refractivity contribution in [2.24, 2.45) is 11.8 Å². The highest BCUT2D eigenvalue weighted by Gasteiger charge is 2.45. The van der Waals surface area contributed by atoms with Crippen LogP contribution in [-0.4, -0.2) is 72.1 Å². The summed E-state index contributed by atoms with van der Waals surface area (Å²) in [5, 5.41) is 19.7. The molecule has 0 radical (unpaired) electrons. The van der Waals surface area contributed by atoms with Gasteiger partial charge >= 0.3 is 0 Å². The van der Waals surface area contributed by atoms with Crippen molar-refractivity contribution in [3.8, 4) is 0 Å². The zero-order chi connectivity index (χ0) is 27.9. The van der Waals surface area contributed by atoms with Crippen LogP contribution >= 0.6 is 0 Å². The lowest BCUT2D eigenvalue weighted by molar-refractivity contribution is -0.134. The smallest absolute Gasteiger partial charge is 0.239 e. The minimum absolute atomic E-state index is 0.0925. The third kappa shape index (κ3) is 7.19. The van der Waals surface area contributed by atoms with Crippen LogP contribution < -0.4 is 16.0 Å². The van der Waals surface area contributed by atoms with Gasteiger partial charge in [0.1, 0.15) is 17.7 Å². The summed E-state index contributed by atoms with van der Waals surface area (Å²) in [4.78, 5) is 41.3. The number of unbranched alkanes of at least 4 members (excludes halogenated alkanes) is 1. The van der Waals surface area contributed by atoms with Gasteiger partial charge in [-0.2, -0.15) is 0 Å². The average molecular weight is 543 g/mol. The van der Waals surface area contributed by atoms with Gasteiger partial charge in [0.2, 0.25) is 17.7 Å². The van der Waals surface area contributed by atoms with E-state index in [9.17, 15) is 28.3 Å². The predicted molar refractivity (Wildman–Crippen MR) is 141 cm³/mol. The topological polar surface area (TPSA) is 111 Å². The molecule has 2 aliphatic heterocycles. The molecule has 0 aromatic heterocycles. The standard InChI is InChI=1S/C29H36F2N4O4/c1-2-3-11-35-17-23(22(29(35)39)14-18-7-5-4-6-8-18)27(37)34-24(15-19-12-20(30)16-21(31)13-19)26(36)25-28(38)33-10-9-32-25/h4-8,12-13,16,22-26,32,36H,2-3,9-11,14-15,17H2,1H3,(H,33,38)(H,34,37)/t22?,23?,24-,25-,26-/m0/s1. The Hall–Kier alpha value is -3.37. The van der Waals surface area contributed by atoms with E-state index in [1.54, 1.807) is 4.90 Å². The number of hydrogen-bond acceptors (Lipinski definition) is 5. The second kappa shape index (κ2) is 13.1. The zero-order valence-electron chi connectivity index (χ0n) is 22.0. The number of halogens is 2. The molecule has 0 spiro atoms. The van der Waals surface area contributed by atoms with E-state index in [1.807, 2.05) is 37.3 Å². The Morgan fingerprint density at radius 2 is 1.82 bits per heavy atom. The van der Waals surface area contributed by atoms with E-state index in [-0.39, 0.29) is 24.4 Å². The first kappa shape index (κ1) is 28.6. The molecule has 4 rings (SSSR count). The highest BCUT2D eigenvalue weighted by atomic mass is 19.1. The van der Waals surface area contributed by atoms with Crippen molar-refractivity contribution in [2.45, 2.75) is 50.8 Å². The maximum atomic E-state index is 13.9. The average Bonchev–Trinajstić information content (AvgIpc) is 3.21. The Kier molecular flexibility index (Phi) is 9.63. The van der Waals surface area contributed by atoms with E-state index in [0.717, 1.165) is 36.6 Å². The lowest BCUT2D eigenvalue weighted by atomic mass is 9.87. The van der Waals surface area contributed by atoms with Crippen LogP contribution in [-0.2, 0) is 27.2 Å². The van der Waals surface area contributed by atoms with E-state index in [1.165, 1.54) is 0 Å². The summed E-state index contributed by atoms with van der Waals surface area (Å²) in [6.07, 6.45) is 0.596. The summed E-state index contributed by atoms with van der Waals surface area (Å²) in [6.45, 7) is 3.63. The van der Waals surface area contributed by atoms with Gasteiger partial charge in [0.25, 0.3) is 0 Å². The number of rotatable bonds is 11. The molecule has 2 heterocycles. The second-order valence-corrected chi connectivity index (χ2v) is 10.4. The number of nitrogens with one attached hydrogen (secondary N) is 3. The van der Waals surface area contributed by atoms with Gasteiger partial charge < -0.3 is 26.0 Å². The Labute approximate surface area is 227 Å². The lowest BCUT2D eigenvalue weighted by Crippen LogP contribution is -2.63. The number of aliphatic hydroxyl groups excluding tert-OH is 1. The van der Waals surface area contributed by atoms with Crippen molar-refractivity contribution in [1.29, 1.82) is 0 Å².